The maximum atomic E-state index is 10.1. The Kier molecular flexibility index (Phi) is 3.20. The van der Waals surface area contributed by atoms with Crippen LogP contribution in [-0.2, 0) is 5.41 Å². The molecular weight excluding hydrogens is 400 g/mol. The first-order valence-electron chi connectivity index (χ1n) is 10.5. The lowest BCUT2D eigenvalue weighted by atomic mass is 9.43. The second-order valence-corrected chi connectivity index (χ2v) is 9.00. The molecule has 4 aromatic rings. The molecule has 0 heterocycles. The van der Waals surface area contributed by atoms with Crippen LogP contribution in [0.2, 0.25) is 5.02 Å². The van der Waals surface area contributed by atoms with Crippen LogP contribution in [0.3, 0.4) is 0 Å². The number of para-hydroxylation sites is 1. The molecule has 3 aliphatic rings. The van der Waals surface area contributed by atoms with E-state index in [0.717, 1.165) is 33.1 Å². The molecule has 2 nitrogen and oxygen atoms in total. The molecule has 0 aliphatic heterocycles. The molecule has 0 amide bonds. The molecule has 3 unspecified atom stereocenters. The lowest BCUT2D eigenvalue weighted by Crippen LogP contribution is -2.52. The zero-order valence-corrected chi connectivity index (χ0v) is 17.3. The normalized spacial score (nSPS) is 23.1. The lowest BCUT2D eigenvalue weighted by Gasteiger charge is -2.58. The quantitative estimate of drug-likeness (QED) is 0.388. The van der Waals surface area contributed by atoms with Gasteiger partial charge in [0.25, 0.3) is 0 Å². The van der Waals surface area contributed by atoms with Crippen molar-refractivity contribution in [1.82, 2.24) is 0 Å². The minimum absolute atomic E-state index is 0.0872. The van der Waals surface area contributed by atoms with Gasteiger partial charge in [-0.25, -0.2) is 0 Å². The summed E-state index contributed by atoms with van der Waals surface area (Å²) in [6.07, 6.45) is 0. The second kappa shape index (κ2) is 5.78. The Morgan fingerprint density at radius 3 is 2.00 bits per heavy atom. The van der Waals surface area contributed by atoms with Gasteiger partial charge in [0.15, 0.2) is 0 Å². The maximum absolute atomic E-state index is 10.1. The molecule has 0 saturated heterocycles. The SMILES string of the molecule is N#Cc1cc(Nc2ccccc2)c(Cl)c2c1C1c3ccccc3C13c1ccccc1C23. The number of nitrogens with zero attached hydrogens (tertiary/aromatic N) is 1. The molecular formula is C28H17ClN2. The van der Waals surface area contributed by atoms with Gasteiger partial charge in [0.1, 0.15) is 0 Å². The van der Waals surface area contributed by atoms with E-state index in [9.17, 15) is 5.26 Å². The summed E-state index contributed by atoms with van der Waals surface area (Å²) in [6, 6.07) is 31.8. The topological polar surface area (TPSA) is 35.8 Å². The van der Waals surface area contributed by atoms with E-state index in [0.29, 0.717) is 0 Å². The summed E-state index contributed by atoms with van der Waals surface area (Å²) in [6.45, 7) is 0. The van der Waals surface area contributed by atoms with Crippen molar-refractivity contribution in [1.29, 1.82) is 5.26 Å². The number of hydrogen-bond acceptors (Lipinski definition) is 2. The summed E-state index contributed by atoms with van der Waals surface area (Å²) >= 11 is 7.12. The van der Waals surface area contributed by atoms with Crippen LogP contribution in [0.5, 0.6) is 0 Å². The van der Waals surface area contributed by atoms with Crippen molar-refractivity contribution in [3.63, 3.8) is 0 Å². The zero-order valence-electron chi connectivity index (χ0n) is 16.6. The van der Waals surface area contributed by atoms with Gasteiger partial charge in [-0.3, -0.25) is 0 Å². The number of nitriles is 1. The Labute approximate surface area is 185 Å². The van der Waals surface area contributed by atoms with Crippen molar-refractivity contribution in [2.24, 2.45) is 0 Å². The van der Waals surface area contributed by atoms with Crippen LogP contribution in [0.4, 0.5) is 11.4 Å². The van der Waals surface area contributed by atoms with Crippen LogP contribution in [0.15, 0.2) is 84.9 Å². The van der Waals surface area contributed by atoms with Crippen LogP contribution in [0.1, 0.15) is 50.8 Å². The van der Waals surface area contributed by atoms with E-state index in [1.807, 2.05) is 36.4 Å². The van der Waals surface area contributed by atoms with E-state index in [1.165, 1.54) is 22.3 Å². The van der Waals surface area contributed by atoms with Gasteiger partial charge < -0.3 is 5.32 Å². The Bertz CT molecular complexity index is 1450. The van der Waals surface area contributed by atoms with Gasteiger partial charge in [-0.15, -0.1) is 0 Å². The van der Waals surface area contributed by atoms with Crippen LogP contribution >= 0.6 is 11.6 Å². The highest BCUT2D eigenvalue weighted by molar-refractivity contribution is 6.34. The Hall–Kier alpha value is -3.54. The summed E-state index contributed by atoms with van der Waals surface area (Å²) in [5.74, 6) is 0.382. The molecule has 3 atom stereocenters. The number of fused-ring (bicyclic) bond motifs is 7. The van der Waals surface area contributed by atoms with E-state index in [4.69, 9.17) is 11.6 Å². The van der Waals surface area contributed by atoms with Gasteiger partial charge >= 0.3 is 0 Å². The van der Waals surface area contributed by atoms with Crippen molar-refractivity contribution in [2.75, 3.05) is 5.32 Å². The van der Waals surface area contributed by atoms with Crippen LogP contribution < -0.4 is 5.32 Å². The number of nitrogens with one attached hydrogen (secondary N) is 1. The fourth-order valence-corrected chi connectivity index (χ4v) is 6.75. The van der Waals surface area contributed by atoms with Gasteiger partial charge in [-0.2, -0.15) is 5.26 Å². The number of benzene rings is 4. The molecule has 0 aromatic heterocycles. The summed E-state index contributed by atoms with van der Waals surface area (Å²) in [7, 11) is 0. The Morgan fingerprint density at radius 1 is 0.774 bits per heavy atom. The average Bonchev–Trinajstić information content (AvgIpc) is 3.02. The minimum atomic E-state index is -0.0872. The summed E-state index contributed by atoms with van der Waals surface area (Å²) < 4.78 is 0. The zero-order chi connectivity index (χ0) is 20.7. The maximum Gasteiger partial charge on any atom is 0.0995 e. The largest absolute Gasteiger partial charge is 0.354 e. The van der Waals surface area contributed by atoms with Crippen molar-refractivity contribution in [3.05, 3.63) is 129 Å². The molecule has 0 fully saturated rings. The van der Waals surface area contributed by atoms with Crippen molar-refractivity contribution >= 4 is 23.0 Å². The molecule has 31 heavy (non-hydrogen) atoms. The highest BCUT2D eigenvalue weighted by Crippen LogP contribution is 2.78. The molecule has 1 spiro atoms. The predicted octanol–water partition coefficient (Wildman–Crippen LogP) is 6.85. The van der Waals surface area contributed by atoms with Gasteiger partial charge in [0.05, 0.1) is 22.3 Å². The molecule has 3 heteroatoms. The van der Waals surface area contributed by atoms with Crippen LogP contribution in [0, 0.1) is 11.3 Å². The summed E-state index contributed by atoms with van der Waals surface area (Å²) in [4.78, 5) is 0. The van der Waals surface area contributed by atoms with E-state index in [2.05, 4.69) is 59.9 Å². The Morgan fingerprint density at radius 2 is 1.35 bits per heavy atom. The first kappa shape index (κ1) is 17.2. The fraction of sp³-hybridized carbons (Fsp3) is 0.107. The van der Waals surface area contributed by atoms with Crippen molar-refractivity contribution in [3.8, 4) is 6.07 Å². The third kappa shape index (κ3) is 1.85. The van der Waals surface area contributed by atoms with Crippen LogP contribution in [-0.4, -0.2) is 0 Å². The fourth-order valence-electron chi connectivity index (χ4n) is 6.43. The number of rotatable bonds is 2. The second-order valence-electron chi connectivity index (χ2n) is 8.63. The molecule has 0 saturated carbocycles. The lowest BCUT2D eigenvalue weighted by molar-refractivity contribution is 0.332. The number of anilines is 2. The van der Waals surface area contributed by atoms with Crippen molar-refractivity contribution < 1.29 is 0 Å². The van der Waals surface area contributed by atoms with Gasteiger partial charge in [-0.1, -0.05) is 78.3 Å². The molecule has 146 valence electrons. The first-order valence-corrected chi connectivity index (χ1v) is 10.9. The first-order chi connectivity index (χ1) is 15.3. The molecule has 0 radical (unpaired) electrons. The van der Waals surface area contributed by atoms with Gasteiger partial charge in [0.2, 0.25) is 0 Å². The van der Waals surface area contributed by atoms with E-state index in [-0.39, 0.29) is 17.3 Å². The molecule has 7 rings (SSSR count). The van der Waals surface area contributed by atoms with Crippen LogP contribution in [0.25, 0.3) is 0 Å². The third-order valence-electron chi connectivity index (χ3n) is 7.44. The summed E-state index contributed by atoms with van der Waals surface area (Å²) in [5, 5.41) is 14.3. The summed E-state index contributed by atoms with van der Waals surface area (Å²) in [5.41, 5.74) is 10.1. The average molecular weight is 417 g/mol. The standard InChI is InChI=1S/C28H17ClN2/c29-27-22(31-17-8-2-1-3-9-17)14-16(15-30)23-24(27)26-19-11-5-7-13-21(19)28(26)20-12-6-4-10-18(20)25(23)28/h1-14,25-26,31H. The smallest absolute Gasteiger partial charge is 0.0995 e. The van der Waals surface area contributed by atoms with Crippen molar-refractivity contribution in [2.45, 2.75) is 17.3 Å². The highest BCUT2D eigenvalue weighted by atomic mass is 35.5. The third-order valence-corrected chi connectivity index (χ3v) is 7.85. The molecule has 1 N–H and O–H groups in total. The van der Waals surface area contributed by atoms with Gasteiger partial charge in [-0.05, 0) is 51.6 Å². The Balaban J connectivity index is 1.52. The molecule has 3 aliphatic carbocycles. The van der Waals surface area contributed by atoms with E-state index in [1.54, 1.807) is 0 Å². The minimum Gasteiger partial charge on any atom is -0.354 e. The number of halogens is 1. The number of hydrogen-bond donors (Lipinski definition) is 1. The van der Waals surface area contributed by atoms with Gasteiger partial charge in [0, 0.05) is 22.9 Å². The van der Waals surface area contributed by atoms with E-state index >= 15 is 0 Å². The molecule has 4 aromatic carbocycles. The highest BCUT2D eigenvalue weighted by Gasteiger charge is 2.70. The monoisotopic (exact) mass is 416 g/mol. The predicted molar refractivity (Wildman–Crippen MR) is 123 cm³/mol. The van der Waals surface area contributed by atoms with E-state index < -0.39 is 0 Å². The molecule has 0 bridgehead atoms.